The largest absolute Gasteiger partial charge is 0.465 e. The number of benzene rings is 1. The molecule has 3 fully saturated rings. The monoisotopic (exact) mass is 632 g/mol. The van der Waals surface area contributed by atoms with Crippen LogP contribution in [0.15, 0.2) is 55.6 Å². The SMILES string of the molecule is C=CCCCOC(=O)[C@H]1[C@H]2C(=O)N([C@H](CO)c3ccccc3)C(C(=O)N(CC=C)C(C)CCC)C23CC(Br)[C@@H]1S3. The lowest BCUT2D eigenvalue weighted by Crippen LogP contribution is -2.57. The van der Waals surface area contributed by atoms with Crippen LogP contribution in [0, 0.1) is 11.8 Å². The molecule has 0 saturated carbocycles. The van der Waals surface area contributed by atoms with Gasteiger partial charge in [0.25, 0.3) is 0 Å². The molecule has 3 aliphatic rings. The molecule has 2 amide bonds. The van der Waals surface area contributed by atoms with Gasteiger partial charge in [-0.3, -0.25) is 14.4 Å². The van der Waals surface area contributed by atoms with E-state index in [1.165, 1.54) is 0 Å². The molecule has 0 radical (unpaired) electrons. The number of unbranched alkanes of at least 4 members (excludes halogenated alkanes) is 1. The summed E-state index contributed by atoms with van der Waals surface area (Å²) < 4.78 is 4.88. The molecule has 8 atom stereocenters. The maximum atomic E-state index is 14.7. The molecule has 0 aromatic heterocycles. The summed E-state index contributed by atoms with van der Waals surface area (Å²) in [5.41, 5.74) is 0.753. The van der Waals surface area contributed by atoms with E-state index in [0.717, 1.165) is 24.8 Å². The van der Waals surface area contributed by atoms with Crippen LogP contribution in [0.4, 0.5) is 0 Å². The second kappa shape index (κ2) is 13.3. The number of hydrogen-bond donors (Lipinski definition) is 1. The van der Waals surface area contributed by atoms with Gasteiger partial charge in [-0.1, -0.05) is 71.8 Å². The summed E-state index contributed by atoms with van der Waals surface area (Å²) in [7, 11) is 0. The van der Waals surface area contributed by atoms with Crippen LogP contribution in [0.25, 0.3) is 0 Å². The van der Waals surface area contributed by atoms with Gasteiger partial charge in [0.05, 0.1) is 35.8 Å². The first-order chi connectivity index (χ1) is 19.3. The van der Waals surface area contributed by atoms with E-state index in [-0.39, 0.29) is 47.1 Å². The number of nitrogens with zero attached hydrogens (tertiary/aromatic N) is 2. The van der Waals surface area contributed by atoms with E-state index in [0.29, 0.717) is 19.4 Å². The summed E-state index contributed by atoms with van der Waals surface area (Å²) >= 11 is 5.39. The average molecular weight is 634 g/mol. The summed E-state index contributed by atoms with van der Waals surface area (Å²) in [6, 6.07) is 7.73. The third-order valence-corrected chi connectivity index (χ3v) is 11.8. The molecular weight excluding hydrogens is 592 g/mol. The fourth-order valence-electron chi connectivity index (χ4n) is 6.83. The molecule has 2 bridgehead atoms. The van der Waals surface area contributed by atoms with E-state index < -0.39 is 28.7 Å². The molecule has 7 nitrogen and oxygen atoms in total. The fourth-order valence-corrected chi connectivity index (χ4v) is 10.4. The first kappa shape index (κ1) is 30.8. The van der Waals surface area contributed by atoms with Gasteiger partial charge in [-0.25, -0.2) is 0 Å². The molecule has 0 aliphatic carbocycles. The van der Waals surface area contributed by atoms with Crippen LogP contribution in [0.5, 0.6) is 0 Å². The van der Waals surface area contributed by atoms with Crippen molar-refractivity contribution in [2.75, 3.05) is 19.8 Å². The van der Waals surface area contributed by atoms with E-state index in [9.17, 15) is 19.5 Å². The highest BCUT2D eigenvalue weighted by Crippen LogP contribution is 2.68. The number of ether oxygens (including phenoxy) is 1. The Kier molecular flexibility index (Phi) is 10.2. The first-order valence-electron chi connectivity index (χ1n) is 14.3. The van der Waals surface area contributed by atoms with Crippen LogP contribution in [0.3, 0.4) is 0 Å². The summed E-state index contributed by atoms with van der Waals surface area (Å²) in [5.74, 6) is -2.18. The molecule has 218 valence electrons. The Hall–Kier alpha value is -2.10. The number of fused-ring (bicyclic) bond motifs is 1. The van der Waals surface area contributed by atoms with Crippen LogP contribution in [-0.2, 0) is 19.1 Å². The number of carbonyl (C=O) groups is 3. The quantitative estimate of drug-likeness (QED) is 0.136. The molecule has 1 aromatic carbocycles. The number of esters is 1. The number of aliphatic hydroxyl groups excluding tert-OH is 1. The van der Waals surface area contributed by atoms with E-state index in [1.54, 1.807) is 28.8 Å². The molecule has 1 spiro atoms. The van der Waals surface area contributed by atoms with Crippen molar-refractivity contribution >= 4 is 45.5 Å². The van der Waals surface area contributed by atoms with Gasteiger partial charge >= 0.3 is 5.97 Å². The lowest BCUT2D eigenvalue weighted by Gasteiger charge is -2.41. The number of likely N-dealkylation sites (tertiary alicyclic amines) is 1. The third-order valence-electron chi connectivity index (χ3n) is 8.57. The summed E-state index contributed by atoms with van der Waals surface area (Å²) in [5, 5.41) is 10.5. The van der Waals surface area contributed by atoms with Gasteiger partial charge in [-0.15, -0.1) is 24.9 Å². The van der Waals surface area contributed by atoms with Gasteiger partial charge in [0.15, 0.2) is 0 Å². The Bertz CT molecular complexity index is 1100. The summed E-state index contributed by atoms with van der Waals surface area (Å²) in [4.78, 5) is 46.1. The van der Waals surface area contributed by atoms with Gasteiger partial charge in [0.1, 0.15) is 6.04 Å². The number of hydrogen-bond acceptors (Lipinski definition) is 6. The van der Waals surface area contributed by atoms with Crippen molar-refractivity contribution in [2.24, 2.45) is 11.8 Å². The smallest absolute Gasteiger partial charge is 0.310 e. The minimum absolute atomic E-state index is 0.0484. The molecule has 9 heteroatoms. The molecule has 4 rings (SSSR count). The van der Waals surface area contributed by atoms with Crippen molar-refractivity contribution in [1.29, 1.82) is 0 Å². The normalized spacial score (nSPS) is 30.1. The van der Waals surface area contributed by atoms with E-state index in [2.05, 4.69) is 36.0 Å². The Morgan fingerprint density at radius 1 is 1.30 bits per heavy atom. The molecule has 1 aromatic rings. The van der Waals surface area contributed by atoms with E-state index in [1.807, 2.05) is 42.2 Å². The number of thioether (sulfide) groups is 1. The maximum Gasteiger partial charge on any atom is 0.310 e. The topological polar surface area (TPSA) is 87.1 Å². The highest BCUT2D eigenvalue weighted by molar-refractivity contribution is 9.09. The molecule has 3 aliphatic heterocycles. The Morgan fingerprint density at radius 2 is 2.02 bits per heavy atom. The summed E-state index contributed by atoms with van der Waals surface area (Å²) in [6.07, 6.45) is 7.20. The standard InChI is InChI=1S/C31H41BrN2O5S/c1-5-8-12-17-39-30(38)24-25-28(36)34(23(19-35)21-14-10-9-11-15-21)27(31(25)18-22(32)26(24)40-31)29(37)33(16-7-3)20(4)13-6-2/h5,7,9-11,14-15,20,22-27,35H,1,3,6,8,12-13,16-19H2,2,4H3/t20?,22?,23-,24+,25+,26+,27?,31?/m1/s1. The zero-order chi connectivity index (χ0) is 29.0. The predicted octanol–water partition coefficient (Wildman–Crippen LogP) is 4.90. The van der Waals surface area contributed by atoms with Gasteiger partial charge in [-0.05, 0) is 38.2 Å². The summed E-state index contributed by atoms with van der Waals surface area (Å²) in [6.45, 7) is 12.0. The fraction of sp³-hybridized carbons (Fsp3) is 0.581. The van der Waals surface area contributed by atoms with Crippen molar-refractivity contribution in [3.05, 3.63) is 61.2 Å². The lowest BCUT2D eigenvalue weighted by molar-refractivity contribution is -0.154. The molecular formula is C31H41BrN2O5S. The zero-order valence-electron chi connectivity index (χ0n) is 23.4. The highest BCUT2D eigenvalue weighted by atomic mass is 79.9. The average Bonchev–Trinajstić information content (AvgIpc) is 3.54. The Balaban J connectivity index is 1.80. The number of alkyl halides is 1. The number of aliphatic hydroxyl groups is 1. The van der Waals surface area contributed by atoms with E-state index in [4.69, 9.17) is 4.74 Å². The van der Waals surface area contributed by atoms with Crippen molar-refractivity contribution in [2.45, 2.75) is 78.9 Å². The maximum absolute atomic E-state index is 14.7. The van der Waals surface area contributed by atoms with Crippen LogP contribution >= 0.6 is 27.7 Å². The highest BCUT2D eigenvalue weighted by Gasteiger charge is 2.76. The van der Waals surface area contributed by atoms with E-state index >= 15 is 0 Å². The van der Waals surface area contributed by atoms with Crippen LogP contribution in [0.1, 0.15) is 57.6 Å². The van der Waals surface area contributed by atoms with Gasteiger partial charge < -0.3 is 19.6 Å². The molecule has 4 unspecified atom stereocenters. The Labute approximate surface area is 250 Å². The van der Waals surface area contributed by atoms with Crippen LogP contribution in [-0.4, -0.2) is 79.4 Å². The minimum Gasteiger partial charge on any atom is -0.465 e. The molecule has 3 heterocycles. The second-order valence-corrected chi connectivity index (χ2v) is 13.7. The van der Waals surface area contributed by atoms with Gasteiger partial charge in [0, 0.05) is 22.7 Å². The Morgan fingerprint density at radius 3 is 2.65 bits per heavy atom. The number of amides is 2. The number of halogens is 1. The zero-order valence-corrected chi connectivity index (χ0v) is 25.8. The van der Waals surface area contributed by atoms with Crippen molar-refractivity contribution in [3.8, 4) is 0 Å². The third kappa shape index (κ3) is 5.41. The predicted molar refractivity (Wildman–Crippen MR) is 162 cm³/mol. The molecule has 40 heavy (non-hydrogen) atoms. The second-order valence-electron chi connectivity index (χ2n) is 11.0. The van der Waals surface area contributed by atoms with Crippen molar-refractivity contribution < 1.29 is 24.2 Å². The number of rotatable bonds is 14. The number of allylic oxidation sites excluding steroid dienone is 1. The molecule has 1 N–H and O–H groups in total. The van der Waals surface area contributed by atoms with Crippen molar-refractivity contribution in [3.63, 3.8) is 0 Å². The van der Waals surface area contributed by atoms with Gasteiger partial charge in [0.2, 0.25) is 11.8 Å². The first-order valence-corrected chi connectivity index (χ1v) is 16.1. The molecule has 3 saturated heterocycles. The van der Waals surface area contributed by atoms with Crippen LogP contribution < -0.4 is 0 Å². The minimum atomic E-state index is -0.838. The lowest BCUT2D eigenvalue weighted by atomic mass is 9.71. The van der Waals surface area contributed by atoms with Crippen molar-refractivity contribution in [1.82, 2.24) is 9.80 Å². The number of carbonyl (C=O) groups excluding carboxylic acids is 3. The van der Waals surface area contributed by atoms with Crippen LogP contribution in [0.2, 0.25) is 0 Å². The van der Waals surface area contributed by atoms with Gasteiger partial charge in [-0.2, -0.15) is 0 Å².